The fourth-order valence-electron chi connectivity index (χ4n) is 4.02. The van der Waals surface area contributed by atoms with Crippen molar-refractivity contribution in [1.29, 1.82) is 0 Å². The largest absolute Gasteiger partial charge is 0.464 e. The highest BCUT2D eigenvalue weighted by molar-refractivity contribution is 5.76. The van der Waals surface area contributed by atoms with Crippen molar-refractivity contribution in [3.8, 4) is 6.01 Å². The lowest BCUT2D eigenvalue weighted by atomic mass is 9.99. The predicted molar refractivity (Wildman–Crippen MR) is 121 cm³/mol. The van der Waals surface area contributed by atoms with Gasteiger partial charge in [-0.15, -0.1) is 0 Å². The Morgan fingerprint density at radius 3 is 2.78 bits per heavy atom. The van der Waals surface area contributed by atoms with E-state index < -0.39 is 5.60 Å². The van der Waals surface area contributed by atoms with Crippen molar-refractivity contribution in [2.75, 3.05) is 19.7 Å². The molecular weight excluding hydrogens is 409 g/mol. The molecule has 1 aliphatic rings. The van der Waals surface area contributed by atoms with E-state index in [-0.39, 0.29) is 17.8 Å². The summed E-state index contributed by atoms with van der Waals surface area (Å²) in [6.45, 7) is 7.83. The zero-order valence-electron chi connectivity index (χ0n) is 18.9. The highest BCUT2D eigenvalue weighted by Gasteiger charge is 2.28. The molecule has 0 aliphatic carbocycles. The Bertz CT molecular complexity index is 1090. The second kappa shape index (κ2) is 9.18. The van der Waals surface area contributed by atoms with Crippen LogP contribution in [0.5, 0.6) is 6.01 Å². The van der Waals surface area contributed by atoms with Crippen LogP contribution in [0, 0.1) is 11.7 Å². The Morgan fingerprint density at radius 2 is 2.00 bits per heavy atom. The van der Waals surface area contributed by atoms with E-state index in [2.05, 4.69) is 4.98 Å². The molecule has 1 saturated heterocycles. The Morgan fingerprint density at radius 1 is 1.19 bits per heavy atom. The molecule has 4 rings (SSSR count). The third-order valence-corrected chi connectivity index (χ3v) is 5.47. The number of nitrogens with zero attached hydrogens (tertiary/aromatic N) is 3. The summed E-state index contributed by atoms with van der Waals surface area (Å²) in [6.07, 6.45) is 1.61. The molecule has 2 heterocycles. The van der Waals surface area contributed by atoms with Gasteiger partial charge in [0.2, 0.25) is 0 Å². The van der Waals surface area contributed by atoms with Crippen molar-refractivity contribution in [2.45, 2.75) is 45.8 Å². The fraction of sp³-hybridized carbons (Fsp3) is 0.440. The average Bonchev–Trinajstić information content (AvgIpc) is 3.09. The van der Waals surface area contributed by atoms with E-state index in [9.17, 15) is 9.18 Å². The summed E-state index contributed by atoms with van der Waals surface area (Å²) in [5.74, 6) is -0.0717. The summed E-state index contributed by atoms with van der Waals surface area (Å²) >= 11 is 0. The van der Waals surface area contributed by atoms with Crippen LogP contribution in [0.2, 0.25) is 0 Å². The Balaban J connectivity index is 1.47. The molecule has 0 radical (unpaired) electrons. The molecule has 1 aliphatic heterocycles. The van der Waals surface area contributed by atoms with Crippen LogP contribution in [0.1, 0.15) is 39.2 Å². The topological polar surface area (TPSA) is 56.6 Å². The first kappa shape index (κ1) is 22.1. The molecule has 1 atom stereocenters. The minimum Gasteiger partial charge on any atom is -0.464 e. The van der Waals surface area contributed by atoms with Gasteiger partial charge < -0.3 is 14.4 Å². The number of para-hydroxylation sites is 2. The molecular formula is C25H30FN3O3. The molecule has 0 saturated carbocycles. The molecule has 0 spiro atoms. The number of amides is 1. The van der Waals surface area contributed by atoms with Crippen molar-refractivity contribution in [3.05, 3.63) is 59.9 Å². The second-order valence-corrected chi connectivity index (χ2v) is 9.34. The third-order valence-electron chi connectivity index (χ3n) is 5.47. The quantitative estimate of drug-likeness (QED) is 0.545. The van der Waals surface area contributed by atoms with E-state index in [0.717, 1.165) is 29.4 Å². The summed E-state index contributed by atoms with van der Waals surface area (Å²) in [7, 11) is 0. The minimum absolute atomic E-state index is 0.193. The van der Waals surface area contributed by atoms with Gasteiger partial charge in [0.05, 0.1) is 24.2 Å². The summed E-state index contributed by atoms with van der Waals surface area (Å²) in [4.78, 5) is 18.9. The van der Waals surface area contributed by atoms with Crippen LogP contribution in [0.3, 0.4) is 0 Å². The Kier molecular flexibility index (Phi) is 6.35. The second-order valence-electron chi connectivity index (χ2n) is 9.34. The van der Waals surface area contributed by atoms with Gasteiger partial charge in [0.15, 0.2) is 0 Å². The van der Waals surface area contributed by atoms with Crippen LogP contribution in [0.25, 0.3) is 11.0 Å². The van der Waals surface area contributed by atoms with Crippen molar-refractivity contribution in [1.82, 2.24) is 14.5 Å². The summed E-state index contributed by atoms with van der Waals surface area (Å²) in [6, 6.07) is 14.9. The first-order valence-corrected chi connectivity index (χ1v) is 11.1. The number of ether oxygens (including phenoxy) is 2. The van der Waals surface area contributed by atoms with Crippen LogP contribution in [0.15, 0.2) is 48.5 Å². The van der Waals surface area contributed by atoms with Gasteiger partial charge in [0, 0.05) is 19.0 Å². The predicted octanol–water partition coefficient (Wildman–Crippen LogP) is 5.25. The van der Waals surface area contributed by atoms with Gasteiger partial charge in [-0.05, 0) is 63.4 Å². The lowest BCUT2D eigenvalue weighted by molar-refractivity contribution is 0.0136. The molecule has 1 aromatic heterocycles. The number of aromatic nitrogens is 2. The van der Waals surface area contributed by atoms with E-state index >= 15 is 0 Å². The monoisotopic (exact) mass is 439 g/mol. The van der Waals surface area contributed by atoms with E-state index in [1.165, 1.54) is 12.1 Å². The molecule has 1 amide bonds. The number of imidazole rings is 1. The number of benzene rings is 2. The third kappa shape index (κ3) is 5.39. The van der Waals surface area contributed by atoms with E-state index in [4.69, 9.17) is 9.47 Å². The van der Waals surface area contributed by atoms with E-state index in [1.54, 1.807) is 11.0 Å². The maximum Gasteiger partial charge on any atom is 0.410 e. The van der Waals surface area contributed by atoms with Gasteiger partial charge in [-0.25, -0.2) is 9.18 Å². The van der Waals surface area contributed by atoms with Gasteiger partial charge in [-0.2, -0.15) is 4.98 Å². The molecule has 1 fully saturated rings. The normalized spacial score (nSPS) is 16.9. The number of likely N-dealkylation sites (tertiary alicyclic amines) is 1. The highest BCUT2D eigenvalue weighted by atomic mass is 19.1. The average molecular weight is 440 g/mol. The molecule has 6 nitrogen and oxygen atoms in total. The van der Waals surface area contributed by atoms with Gasteiger partial charge in [-0.1, -0.05) is 24.3 Å². The van der Waals surface area contributed by atoms with Crippen molar-refractivity contribution < 1.29 is 18.7 Å². The standard InChI is InChI=1S/C25H30FN3O3/c1-25(2,3)32-24(30)28-13-7-9-19(15-28)17-31-23-27-21-11-4-5-12-22(21)29(23)16-18-8-6-10-20(26)14-18/h4-6,8,10-12,14,19H,7,9,13,15-17H2,1-3H3/t19-/m0/s1. The smallest absolute Gasteiger partial charge is 0.410 e. The van der Waals surface area contributed by atoms with Crippen molar-refractivity contribution in [2.24, 2.45) is 5.92 Å². The van der Waals surface area contributed by atoms with Crippen LogP contribution in [0.4, 0.5) is 9.18 Å². The maximum atomic E-state index is 13.7. The molecule has 3 aromatic rings. The SMILES string of the molecule is CC(C)(C)OC(=O)N1CCC[C@H](COc2nc3ccccc3n2Cc2cccc(F)c2)C1. The summed E-state index contributed by atoms with van der Waals surface area (Å²) in [5, 5.41) is 0. The van der Waals surface area contributed by atoms with Gasteiger partial charge >= 0.3 is 6.09 Å². The molecule has 2 aromatic carbocycles. The van der Waals surface area contributed by atoms with Crippen LogP contribution < -0.4 is 4.74 Å². The molecule has 0 N–H and O–H groups in total. The Labute approximate surface area is 187 Å². The lowest BCUT2D eigenvalue weighted by Crippen LogP contribution is -2.44. The fourth-order valence-corrected chi connectivity index (χ4v) is 4.02. The number of rotatable bonds is 5. The van der Waals surface area contributed by atoms with Gasteiger partial charge in [0.25, 0.3) is 6.01 Å². The number of carbonyl (C=O) groups excluding carboxylic acids is 1. The first-order valence-electron chi connectivity index (χ1n) is 11.1. The molecule has 7 heteroatoms. The van der Waals surface area contributed by atoms with Gasteiger partial charge in [-0.3, -0.25) is 4.57 Å². The van der Waals surface area contributed by atoms with Crippen molar-refractivity contribution >= 4 is 17.1 Å². The maximum absolute atomic E-state index is 13.7. The zero-order chi connectivity index (χ0) is 22.7. The molecule has 32 heavy (non-hydrogen) atoms. The number of fused-ring (bicyclic) bond motifs is 1. The number of hydrogen-bond donors (Lipinski definition) is 0. The number of halogens is 1. The summed E-state index contributed by atoms with van der Waals surface area (Å²) < 4.78 is 27.4. The van der Waals surface area contributed by atoms with Crippen LogP contribution >= 0.6 is 0 Å². The highest BCUT2D eigenvalue weighted by Crippen LogP contribution is 2.25. The van der Waals surface area contributed by atoms with Gasteiger partial charge in [0.1, 0.15) is 11.4 Å². The zero-order valence-corrected chi connectivity index (χ0v) is 18.9. The first-order chi connectivity index (χ1) is 15.3. The number of hydrogen-bond acceptors (Lipinski definition) is 4. The minimum atomic E-state index is -0.512. The van der Waals surface area contributed by atoms with Crippen molar-refractivity contribution in [3.63, 3.8) is 0 Å². The number of carbonyl (C=O) groups is 1. The summed E-state index contributed by atoms with van der Waals surface area (Å²) in [5.41, 5.74) is 2.10. The molecule has 0 unspecified atom stereocenters. The lowest BCUT2D eigenvalue weighted by Gasteiger charge is -2.33. The molecule has 170 valence electrons. The molecule has 0 bridgehead atoms. The Hall–Kier alpha value is -3.09. The number of piperidine rings is 1. The van der Waals surface area contributed by atoms with E-state index in [0.29, 0.717) is 32.3 Å². The van der Waals surface area contributed by atoms with Crippen LogP contribution in [-0.4, -0.2) is 45.8 Å². The van der Waals surface area contributed by atoms with Crippen LogP contribution in [-0.2, 0) is 11.3 Å². The van der Waals surface area contributed by atoms with E-state index in [1.807, 2.05) is 55.7 Å².